The number of aliphatic hydroxyl groups excluding tert-OH is 1. The third kappa shape index (κ3) is 3.62. The number of methoxy groups -OCH3 is 1. The molecule has 0 radical (unpaired) electrons. The number of nitrogens with zero attached hydrogens (tertiary/aromatic N) is 2. The van der Waals surface area contributed by atoms with Crippen molar-refractivity contribution in [2.75, 3.05) is 7.11 Å². The minimum atomic E-state index is -0.555. The summed E-state index contributed by atoms with van der Waals surface area (Å²) in [5.41, 5.74) is 0.700. The Bertz CT molecular complexity index is 638. The number of ether oxygens (including phenoxy) is 1. The van der Waals surface area contributed by atoms with Crippen LogP contribution in [0.15, 0.2) is 35.2 Å². The molecule has 1 aliphatic carbocycles. The van der Waals surface area contributed by atoms with E-state index in [1.54, 1.807) is 19.4 Å². The molecule has 0 aromatic carbocycles. The fourth-order valence-electron chi connectivity index (χ4n) is 3.13. The summed E-state index contributed by atoms with van der Waals surface area (Å²) in [5.74, 6) is 0.214. The topological polar surface area (TPSA) is 89.5 Å². The van der Waals surface area contributed by atoms with Crippen LogP contribution >= 0.6 is 0 Å². The zero-order valence-electron chi connectivity index (χ0n) is 13.0. The van der Waals surface area contributed by atoms with Gasteiger partial charge < -0.3 is 19.6 Å². The van der Waals surface area contributed by atoms with Gasteiger partial charge in [-0.2, -0.15) is 5.10 Å². The van der Waals surface area contributed by atoms with Crippen molar-refractivity contribution in [2.45, 2.75) is 38.1 Å². The SMILES string of the molecule is COCc1ccoc1C(=O)N[C@@H]1CC(Cn2cccn2)C[C@H]1O. The quantitative estimate of drug-likeness (QED) is 0.835. The standard InChI is InChI=1S/C16H21N3O4/c1-22-10-12-3-6-23-15(12)16(21)18-13-7-11(8-14(13)20)9-19-5-2-4-17-19/h2-6,11,13-14,20H,7-10H2,1H3,(H,18,21)/t11?,13-,14-/m1/s1. The Hall–Kier alpha value is -2.12. The number of nitrogens with one attached hydrogen (secondary N) is 1. The van der Waals surface area contributed by atoms with Crippen LogP contribution in [0.5, 0.6) is 0 Å². The zero-order valence-corrected chi connectivity index (χ0v) is 13.0. The van der Waals surface area contributed by atoms with E-state index in [4.69, 9.17) is 9.15 Å². The average Bonchev–Trinajstić information content (AvgIpc) is 3.23. The lowest BCUT2D eigenvalue weighted by atomic mass is 10.1. The van der Waals surface area contributed by atoms with Crippen molar-refractivity contribution >= 4 is 5.91 Å². The van der Waals surface area contributed by atoms with E-state index in [-0.39, 0.29) is 23.6 Å². The van der Waals surface area contributed by atoms with Gasteiger partial charge in [0.15, 0.2) is 5.76 Å². The third-order valence-corrected chi connectivity index (χ3v) is 4.20. The van der Waals surface area contributed by atoms with Crippen molar-refractivity contribution in [1.29, 1.82) is 0 Å². The molecule has 2 N–H and O–H groups in total. The fraction of sp³-hybridized carbons (Fsp3) is 0.500. The van der Waals surface area contributed by atoms with Gasteiger partial charge in [-0.1, -0.05) is 0 Å². The Labute approximate surface area is 134 Å². The maximum Gasteiger partial charge on any atom is 0.287 e. The highest BCUT2D eigenvalue weighted by Crippen LogP contribution is 2.28. The molecular formula is C16H21N3O4. The van der Waals surface area contributed by atoms with Crippen LogP contribution in [0.4, 0.5) is 0 Å². The van der Waals surface area contributed by atoms with E-state index in [1.807, 2.05) is 16.9 Å². The van der Waals surface area contributed by atoms with Crippen molar-refractivity contribution in [3.8, 4) is 0 Å². The predicted octanol–water partition coefficient (Wildman–Crippen LogP) is 1.19. The molecule has 1 aliphatic rings. The number of hydrogen-bond donors (Lipinski definition) is 2. The van der Waals surface area contributed by atoms with Crippen LogP contribution in [-0.2, 0) is 17.9 Å². The number of furan rings is 1. The van der Waals surface area contributed by atoms with E-state index >= 15 is 0 Å². The normalized spacial score (nSPS) is 24.0. The van der Waals surface area contributed by atoms with Crippen LogP contribution in [0.2, 0.25) is 0 Å². The van der Waals surface area contributed by atoms with Gasteiger partial charge in [0, 0.05) is 31.6 Å². The molecule has 0 saturated heterocycles. The number of amides is 1. The maximum atomic E-state index is 12.3. The Morgan fingerprint density at radius 1 is 1.57 bits per heavy atom. The number of aliphatic hydroxyl groups is 1. The fourth-order valence-corrected chi connectivity index (χ4v) is 3.13. The van der Waals surface area contributed by atoms with E-state index in [1.165, 1.54) is 6.26 Å². The molecule has 0 aliphatic heterocycles. The van der Waals surface area contributed by atoms with Crippen LogP contribution in [0.1, 0.15) is 29.0 Å². The molecule has 3 atom stereocenters. The number of carbonyl (C=O) groups excluding carboxylic acids is 1. The molecular weight excluding hydrogens is 298 g/mol. The minimum Gasteiger partial charge on any atom is -0.459 e. The van der Waals surface area contributed by atoms with Crippen LogP contribution in [0.25, 0.3) is 0 Å². The van der Waals surface area contributed by atoms with E-state index in [0.29, 0.717) is 25.0 Å². The summed E-state index contributed by atoms with van der Waals surface area (Å²) in [7, 11) is 1.56. The van der Waals surface area contributed by atoms with Crippen LogP contribution in [0, 0.1) is 5.92 Å². The summed E-state index contributed by atoms with van der Waals surface area (Å²) < 4.78 is 12.1. The van der Waals surface area contributed by atoms with E-state index in [0.717, 1.165) is 6.54 Å². The van der Waals surface area contributed by atoms with Crippen LogP contribution in [-0.4, -0.2) is 40.0 Å². The first-order valence-corrected chi connectivity index (χ1v) is 7.69. The number of aromatic nitrogens is 2. The molecule has 1 fully saturated rings. The van der Waals surface area contributed by atoms with E-state index < -0.39 is 6.10 Å². The summed E-state index contributed by atoms with van der Waals surface area (Å²) >= 11 is 0. The minimum absolute atomic E-state index is 0.245. The second-order valence-corrected chi connectivity index (χ2v) is 5.92. The molecule has 0 spiro atoms. The summed E-state index contributed by atoms with van der Waals surface area (Å²) in [6, 6.07) is 3.31. The lowest BCUT2D eigenvalue weighted by Crippen LogP contribution is -2.40. The highest BCUT2D eigenvalue weighted by molar-refractivity contribution is 5.93. The number of carbonyl (C=O) groups is 1. The molecule has 3 rings (SSSR count). The Balaban J connectivity index is 1.59. The monoisotopic (exact) mass is 319 g/mol. The summed E-state index contributed by atoms with van der Waals surface area (Å²) in [5, 5.41) is 17.3. The summed E-state index contributed by atoms with van der Waals surface area (Å²) in [4.78, 5) is 12.3. The molecule has 0 bridgehead atoms. The first-order valence-electron chi connectivity index (χ1n) is 7.69. The molecule has 1 amide bonds. The first kappa shape index (κ1) is 15.8. The second kappa shape index (κ2) is 6.97. The Morgan fingerprint density at radius 3 is 3.17 bits per heavy atom. The molecule has 7 nitrogen and oxygen atoms in total. The molecule has 2 aromatic rings. The first-order chi connectivity index (χ1) is 11.2. The van der Waals surface area contributed by atoms with E-state index in [9.17, 15) is 9.90 Å². The molecule has 1 saturated carbocycles. The Morgan fingerprint density at radius 2 is 2.43 bits per heavy atom. The van der Waals surface area contributed by atoms with Gasteiger partial charge in [0.2, 0.25) is 0 Å². The second-order valence-electron chi connectivity index (χ2n) is 5.92. The highest BCUT2D eigenvalue weighted by Gasteiger charge is 2.35. The maximum absolute atomic E-state index is 12.3. The van der Waals surface area contributed by atoms with Gasteiger partial charge in [0.1, 0.15) is 0 Å². The smallest absolute Gasteiger partial charge is 0.287 e. The van der Waals surface area contributed by atoms with Crippen molar-refractivity contribution < 1.29 is 19.1 Å². The van der Waals surface area contributed by atoms with Gasteiger partial charge in [-0.15, -0.1) is 0 Å². The highest BCUT2D eigenvalue weighted by atomic mass is 16.5. The lowest BCUT2D eigenvalue weighted by Gasteiger charge is -2.16. The van der Waals surface area contributed by atoms with Crippen molar-refractivity contribution in [3.05, 3.63) is 42.1 Å². The number of rotatable bonds is 6. The van der Waals surface area contributed by atoms with Gasteiger partial charge in [0.25, 0.3) is 5.91 Å². The molecule has 124 valence electrons. The molecule has 1 unspecified atom stereocenters. The van der Waals surface area contributed by atoms with Gasteiger partial charge >= 0.3 is 0 Å². The number of hydrogen-bond acceptors (Lipinski definition) is 5. The van der Waals surface area contributed by atoms with Gasteiger partial charge in [0.05, 0.1) is 25.0 Å². The molecule has 23 heavy (non-hydrogen) atoms. The Kier molecular flexibility index (Phi) is 4.78. The largest absolute Gasteiger partial charge is 0.459 e. The summed E-state index contributed by atoms with van der Waals surface area (Å²) in [6.45, 7) is 1.06. The van der Waals surface area contributed by atoms with Crippen LogP contribution in [0.3, 0.4) is 0 Å². The molecule has 7 heteroatoms. The average molecular weight is 319 g/mol. The van der Waals surface area contributed by atoms with Gasteiger partial charge in [-0.25, -0.2) is 0 Å². The molecule has 2 heterocycles. The predicted molar refractivity (Wildman–Crippen MR) is 81.6 cm³/mol. The third-order valence-electron chi connectivity index (χ3n) is 4.20. The van der Waals surface area contributed by atoms with Gasteiger partial charge in [-0.3, -0.25) is 9.48 Å². The lowest BCUT2D eigenvalue weighted by molar-refractivity contribution is 0.0840. The van der Waals surface area contributed by atoms with E-state index in [2.05, 4.69) is 10.4 Å². The van der Waals surface area contributed by atoms with Crippen molar-refractivity contribution in [3.63, 3.8) is 0 Å². The van der Waals surface area contributed by atoms with Gasteiger partial charge in [-0.05, 0) is 30.9 Å². The van der Waals surface area contributed by atoms with Crippen molar-refractivity contribution in [1.82, 2.24) is 15.1 Å². The zero-order chi connectivity index (χ0) is 16.2. The summed E-state index contributed by atoms with van der Waals surface area (Å²) in [6.07, 6.45) is 5.91. The van der Waals surface area contributed by atoms with Crippen molar-refractivity contribution in [2.24, 2.45) is 5.92 Å². The van der Waals surface area contributed by atoms with Crippen LogP contribution < -0.4 is 5.32 Å². The molecule has 2 aromatic heterocycles.